The third-order valence-electron chi connectivity index (χ3n) is 1.46. The number of aliphatic hydroxyl groups excluding tert-OH is 1. The van der Waals surface area contributed by atoms with Gasteiger partial charge in [-0.3, -0.25) is 0 Å². The van der Waals surface area contributed by atoms with E-state index in [1.807, 2.05) is 0 Å². The fourth-order valence-corrected chi connectivity index (χ4v) is 1.54. The molecule has 0 radical (unpaired) electrons. The number of aromatic nitrogens is 1. The molecule has 0 aliphatic rings. The van der Waals surface area contributed by atoms with Crippen LogP contribution in [0.15, 0.2) is 5.38 Å². The predicted molar refractivity (Wildman–Crippen MR) is 42.5 cm³/mol. The first-order valence-corrected chi connectivity index (χ1v) is 4.52. The van der Waals surface area contributed by atoms with E-state index in [1.54, 1.807) is 6.92 Å². The van der Waals surface area contributed by atoms with Crippen molar-refractivity contribution in [1.29, 1.82) is 0 Å². The summed E-state index contributed by atoms with van der Waals surface area (Å²) in [7, 11) is 0. The summed E-state index contributed by atoms with van der Waals surface area (Å²) in [4.78, 5) is 3.64. The van der Waals surface area contributed by atoms with E-state index in [-0.39, 0.29) is 5.69 Å². The van der Waals surface area contributed by atoms with Crippen LogP contribution in [0, 0.1) is 0 Å². The number of aryl methyl sites for hydroxylation is 1. The van der Waals surface area contributed by atoms with Crippen molar-refractivity contribution in [2.45, 2.75) is 25.6 Å². The number of nitrogens with zero attached hydrogens (tertiary/aromatic N) is 1. The summed E-state index contributed by atoms with van der Waals surface area (Å²) in [5.74, 6) is 0. The zero-order valence-electron chi connectivity index (χ0n) is 6.80. The van der Waals surface area contributed by atoms with Crippen molar-refractivity contribution >= 4 is 11.3 Å². The van der Waals surface area contributed by atoms with Crippen molar-refractivity contribution in [3.8, 4) is 0 Å². The molecule has 0 saturated heterocycles. The summed E-state index contributed by atoms with van der Waals surface area (Å²) < 4.78 is 35.9. The van der Waals surface area contributed by atoms with Crippen LogP contribution in [-0.4, -0.2) is 16.3 Å². The van der Waals surface area contributed by atoms with Crippen LogP contribution in [0.25, 0.3) is 0 Å². The third-order valence-corrected chi connectivity index (χ3v) is 2.47. The van der Waals surface area contributed by atoms with Gasteiger partial charge in [0.15, 0.2) is 6.10 Å². The first kappa shape index (κ1) is 10.5. The molecule has 0 aliphatic heterocycles. The van der Waals surface area contributed by atoms with Gasteiger partial charge in [0.05, 0.1) is 10.7 Å². The summed E-state index contributed by atoms with van der Waals surface area (Å²) in [5.41, 5.74) is -0.311. The minimum absolute atomic E-state index is 0.311. The Hall–Kier alpha value is -0.620. The zero-order valence-corrected chi connectivity index (χ0v) is 7.61. The highest BCUT2D eigenvalue weighted by molar-refractivity contribution is 7.09. The molecule has 0 fully saturated rings. The fraction of sp³-hybridized carbons (Fsp3) is 0.571. The van der Waals surface area contributed by atoms with Crippen molar-refractivity contribution in [2.24, 2.45) is 0 Å². The average molecular weight is 211 g/mol. The van der Waals surface area contributed by atoms with Crippen LogP contribution in [0.1, 0.15) is 23.7 Å². The van der Waals surface area contributed by atoms with E-state index in [0.717, 1.165) is 11.3 Å². The van der Waals surface area contributed by atoms with Crippen LogP contribution in [-0.2, 0) is 6.42 Å². The predicted octanol–water partition coefficient (Wildman–Crippen LogP) is 2.30. The lowest BCUT2D eigenvalue weighted by molar-refractivity contribution is -0.207. The molecule has 0 spiro atoms. The molecule has 1 rings (SSSR count). The van der Waals surface area contributed by atoms with Gasteiger partial charge in [0.25, 0.3) is 0 Å². The fourth-order valence-electron chi connectivity index (χ4n) is 0.781. The van der Waals surface area contributed by atoms with Crippen LogP contribution < -0.4 is 0 Å². The van der Waals surface area contributed by atoms with Crippen LogP contribution in [0.4, 0.5) is 13.2 Å². The Morgan fingerprint density at radius 1 is 1.62 bits per heavy atom. The maximum atomic E-state index is 12.0. The quantitative estimate of drug-likeness (QED) is 0.814. The second-order valence-electron chi connectivity index (χ2n) is 2.46. The summed E-state index contributed by atoms with van der Waals surface area (Å²) in [6, 6.07) is 0. The van der Waals surface area contributed by atoms with Gasteiger partial charge in [0.2, 0.25) is 0 Å². The zero-order chi connectivity index (χ0) is 10.1. The highest BCUT2D eigenvalue weighted by Crippen LogP contribution is 2.32. The van der Waals surface area contributed by atoms with Crippen LogP contribution in [0.5, 0.6) is 0 Å². The lowest BCUT2D eigenvalue weighted by atomic mass is 10.3. The molecule has 6 heteroatoms. The second kappa shape index (κ2) is 3.63. The van der Waals surface area contributed by atoms with Gasteiger partial charge in [-0.05, 0) is 6.42 Å². The van der Waals surface area contributed by atoms with Crippen molar-refractivity contribution in [1.82, 2.24) is 4.98 Å². The van der Waals surface area contributed by atoms with Crippen LogP contribution in [0.3, 0.4) is 0 Å². The van der Waals surface area contributed by atoms with Crippen LogP contribution >= 0.6 is 11.3 Å². The normalized spacial score (nSPS) is 14.5. The Morgan fingerprint density at radius 3 is 2.62 bits per heavy atom. The maximum Gasteiger partial charge on any atom is 0.420 e. The standard InChI is InChI=1S/C7H8F3NOS/c1-2-5-11-4(3-13-5)6(12)7(8,9)10/h3,6,12H,2H2,1H3. The topological polar surface area (TPSA) is 33.1 Å². The van der Waals surface area contributed by atoms with Gasteiger partial charge < -0.3 is 5.11 Å². The number of hydrogen-bond donors (Lipinski definition) is 1. The van der Waals surface area contributed by atoms with Crippen molar-refractivity contribution in [3.63, 3.8) is 0 Å². The van der Waals surface area contributed by atoms with E-state index in [4.69, 9.17) is 5.11 Å². The van der Waals surface area contributed by atoms with Crippen molar-refractivity contribution in [3.05, 3.63) is 16.1 Å². The molecule has 1 atom stereocenters. The van der Waals surface area contributed by atoms with E-state index >= 15 is 0 Å². The molecule has 0 amide bonds. The molecule has 1 heterocycles. The van der Waals surface area contributed by atoms with Gasteiger partial charge in [0, 0.05) is 5.38 Å². The van der Waals surface area contributed by atoms with Crippen molar-refractivity contribution < 1.29 is 18.3 Å². The Balaban J connectivity index is 2.83. The second-order valence-corrected chi connectivity index (χ2v) is 3.41. The monoisotopic (exact) mass is 211 g/mol. The number of rotatable bonds is 2. The molecule has 1 N–H and O–H groups in total. The smallest absolute Gasteiger partial charge is 0.378 e. The number of halogens is 3. The summed E-state index contributed by atoms with van der Waals surface area (Å²) in [6.45, 7) is 1.79. The van der Waals surface area contributed by atoms with Crippen molar-refractivity contribution in [2.75, 3.05) is 0 Å². The first-order chi connectivity index (χ1) is 5.95. The average Bonchev–Trinajstić information content (AvgIpc) is 2.48. The molecular weight excluding hydrogens is 203 g/mol. The molecule has 0 saturated carbocycles. The Labute approximate surface area is 77.0 Å². The molecule has 1 aromatic heterocycles. The van der Waals surface area contributed by atoms with E-state index in [1.165, 1.54) is 5.38 Å². The number of hydrogen-bond acceptors (Lipinski definition) is 3. The maximum absolute atomic E-state index is 12.0. The van der Waals surface area contributed by atoms with Gasteiger partial charge in [-0.2, -0.15) is 13.2 Å². The van der Waals surface area contributed by atoms with Gasteiger partial charge in [-0.15, -0.1) is 11.3 Å². The lowest BCUT2D eigenvalue weighted by Gasteiger charge is -2.11. The van der Waals surface area contributed by atoms with E-state index in [9.17, 15) is 13.2 Å². The van der Waals surface area contributed by atoms with Gasteiger partial charge in [-0.25, -0.2) is 4.98 Å². The van der Waals surface area contributed by atoms with Gasteiger partial charge in [-0.1, -0.05) is 6.92 Å². The molecule has 1 unspecified atom stereocenters. The minimum Gasteiger partial charge on any atom is -0.378 e. The number of alkyl halides is 3. The number of thiazole rings is 1. The molecular formula is C7H8F3NOS. The minimum atomic E-state index is -4.63. The Bertz CT molecular complexity index is 284. The summed E-state index contributed by atoms with van der Waals surface area (Å²) in [6.07, 6.45) is -6.50. The van der Waals surface area contributed by atoms with E-state index in [0.29, 0.717) is 11.4 Å². The molecule has 13 heavy (non-hydrogen) atoms. The number of aliphatic hydroxyl groups is 1. The Morgan fingerprint density at radius 2 is 2.23 bits per heavy atom. The van der Waals surface area contributed by atoms with E-state index in [2.05, 4.69) is 4.98 Å². The van der Waals surface area contributed by atoms with E-state index < -0.39 is 12.3 Å². The van der Waals surface area contributed by atoms with Gasteiger partial charge in [0.1, 0.15) is 0 Å². The van der Waals surface area contributed by atoms with Gasteiger partial charge >= 0.3 is 6.18 Å². The lowest BCUT2D eigenvalue weighted by Crippen LogP contribution is -2.20. The molecule has 1 aromatic rings. The third kappa shape index (κ3) is 2.41. The highest BCUT2D eigenvalue weighted by atomic mass is 32.1. The molecule has 2 nitrogen and oxygen atoms in total. The molecule has 74 valence electrons. The SMILES string of the molecule is CCc1nc(C(O)C(F)(F)F)cs1. The molecule has 0 aromatic carbocycles. The molecule has 0 aliphatic carbocycles. The Kier molecular flexibility index (Phi) is 2.92. The largest absolute Gasteiger partial charge is 0.420 e. The summed E-state index contributed by atoms with van der Waals surface area (Å²) in [5, 5.41) is 10.6. The highest BCUT2D eigenvalue weighted by Gasteiger charge is 2.40. The first-order valence-electron chi connectivity index (χ1n) is 3.64. The van der Waals surface area contributed by atoms with Crippen LogP contribution in [0.2, 0.25) is 0 Å². The summed E-state index contributed by atoms with van der Waals surface area (Å²) >= 11 is 1.12. The molecule has 0 bridgehead atoms.